The molecule has 296 valence electrons. The number of pyridine rings is 1. The zero-order valence-electron chi connectivity index (χ0n) is 29.8. The lowest BCUT2D eigenvalue weighted by molar-refractivity contribution is -0.162. The molecular weight excluding hydrogens is 744 g/mol. The third kappa shape index (κ3) is 8.88. The van der Waals surface area contributed by atoms with Gasteiger partial charge in [0.2, 0.25) is 5.60 Å². The second-order valence-corrected chi connectivity index (χ2v) is 14.8. The number of nitrogens with zero attached hydrogens (tertiary/aromatic N) is 3. The molecule has 4 heterocycles. The Bertz CT molecular complexity index is 1750. The summed E-state index contributed by atoms with van der Waals surface area (Å²) in [5.74, 6) is -2.40. The zero-order chi connectivity index (χ0) is 39.5. The fourth-order valence-electron chi connectivity index (χ4n) is 7.53. The third-order valence-corrected chi connectivity index (χ3v) is 11.1. The van der Waals surface area contributed by atoms with Crippen LogP contribution in [-0.2, 0) is 26.7 Å². The molecule has 2 saturated heterocycles. The van der Waals surface area contributed by atoms with Crippen LogP contribution in [0.5, 0.6) is 5.75 Å². The molecule has 0 bridgehead atoms. The van der Waals surface area contributed by atoms with E-state index in [0.717, 1.165) is 28.7 Å². The van der Waals surface area contributed by atoms with E-state index in [2.05, 4.69) is 4.98 Å². The average molecular weight is 788 g/mol. The highest BCUT2D eigenvalue weighted by Gasteiger charge is 2.56. The van der Waals surface area contributed by atoms with Gasteiger partial charge in [0.1, 0.15) is 16.4 Å². The summed E-state index contributed by atoms with van der Waals surface area (Å²) in [7, 11) is 0. The van der Waals surface area contributed by atoms with Crippen molar-refractivity contribution in [2.45, 2.75) is 114 Å². The summed E-state index contributed by atoms with van der Waals surface area (Å²) in [5.41, 5.74) is -4.85. The number of ether oxygens (including phenoxy) is 2. The first-order chi connectivity index (χ1) is 25.4. The highest BCUT2D eigenvalue weighted by atomic mass is 32.1. The predicted octanol–water partition coefficient (Wildman–Crippen LogP) is 7.63. The van der Waals surface area contributed by atoms with Crippen molar-refractivity contribution in [3.8, 4) is 5.75 Å². The fraction of sp³-hybridized carbons (Fsp3) is 0.568. The van der Waals surface area contributed by atoms with Gasteiger partial charge in [0.05, 0.1) is 28.9 Å². The van der Waals surface area contributed by atoms with Crippen LogP contribution in [0.1, 0.15) is 98.9 Å². The van der Waals surface area contributed by atoms with Gasteiger partial charge in [-0.25, -0.2) is 0 Å². The van der Waals surface area contributed by atoms with E-state index < -0.39 is 69.5 Å². The second kappa shape index (κ2) is 16.3. The van der Waals surface area contributed by atoms with Crippen LogP contribution >= 0.6 is 11.3 Å². The van der Waals surface area contributed by atoms with E-state index in [-0.39, 0.29) is 70.3 Å². The molecule has 2 aromatic heterocycles. The number of carboxylic acid groups (broad SMARTS) is 1. The number of allylic oxidation sites excluding steroid dienone is 2. The van der Waals surface area contributed by atoms with E-state index in [9.17, 15) is 45.8 Å². The predicted molar refractivity (Wildman–Crippen MR) is 184 cm³/mol. The summed E-state index contributed by atoms with van der Waals surface area (Å²) in [6.07, 6.45) is -2.87. The fourth-order valence-corrected chi connectivity index (χ4v) is 8.20. The van der Waals surface area contributed by atoms with E-state index in [1.54, 1.807) is 19.9 Å². The minimum absolute atomic E-state index is 0.0231. The van der Waals surface area contributed by atoms with Gasteiger partial charge in [0, 0.05) is 68.3 Å². The lowest BCUT2D eigenvalue weighted by Crippen LogP contribution is -2.69. The number of carbonyl (C=O) groups is 3. The molecule has 0 saturated carbocycles. The molecule has 2 fully saturated rings. The normalized spacial score (nSPS) is 22.6. The Kier molecular flexibility index (Phi) is 12.4. The van der Waals surface area contributed by atoms with Crippen molar-refractivity contribution in [3.05, 3.63) is 69.4 Å². The molecule has 3 atom stereocenters. The SMILES string of the molecule is CCC[C@H]1N(C(=O)c2cnccc2C(F)(F)F)CCC[C@@]1(Oc1csc(C(F)(F)F)c1)C(=O)N1CCC(O)(C2=C(OC(C)CCC(=O)O)CCC=C2)CC1. The van der Waals surface area contributed by atoms with Gasteiger partial charge >= 0.3 is 18.3 Å². The molecule has 54 heavy (non-hydrogen) atoms. The summed E-state index contributed by atoms with van der Waals surface area (Å²) in [6, 6.07) is 0.274. The molecule has 2 aliphatic heterocycles. The number of likely N-dealkylation sites (tertiary alicyclic amines) is 2. The maximum Gasteiger partial charge on any atom is 0.425 e. The number of aliphatic hydroxyl groups is 1. The molecule has 1 unspecified atom stereocenters. The van der Waals surface area contributed by atoms with E-state index in [0.29, 0.717) is 48.0 Å². The summed E-state index contributed by atoms with van der Waals surface area (Å²) < 4.78 is 95.6. The number of rotatable bonds is 12. The lowest BCUT2D eigenvalue weighted by atomic mass is 9.77. The van der Waals surface area contributed by atoms with Crippen LogP contribution in [0.2, 0.25) is 0 Å². The maximum absolute atomic E-state index is 14.9. The van der Waals surface area contributed by atoms with Gasteiger partial charge in [0.25, 0.3) is 11.8 Å². The van der Waals surface area contributed by atoms with Crippen molar-refractivity contribution in [1.82, 2.24) is 14.8 Å². The Labute approximate surface area is 312 Å². The Morgan fingerprint density at radius 1 is 1.09 bits per heavy atom. The molecule has 0 aromatic carbocycles. The minimum Gasteiger partial charge on any atom is -0.495 e. The van der Waals surface area contributed by atoms with Gasteiger partial charge in [-0.15, -0.1) is 11.3 Å². The summed E-state index contributed by atoms with van der Waals surface area (Å²) in [4.78, 5) is 45.4. The molecule has 0 spiro atoms. The van der Waals surface area contributed by atoms with Gasteiger partial charge in [-0.05, 0) is 51.5 Å². The molecule has 3 aliphatic rings. The Balaban J connectivity index is 1.48. The number of halogens is 6. The smallest absolute Gasteiger partial charge is 0.425 e. The number of piperidine rings is 2. The Hall–Kier alpha value is -4.12. The molecule has 1 aliphatic carbocycles. The van der Waals surface area contributed by atoms with Crippen molar-refractivity contribution in [1.29, 1.82) is 0 Å². The number of hydrogen-bond acceptors (Lipinski definition) is 8. The van der Waals surface area contributed by atoms with Crippen LogP contribution in [0.4, 0.5) is 26.3 Å². The van der Waals surface area contributed by atoms with Gasteiger partial charge in [-0.2, -0.15) is 26.3 Å². The number of alkyl halides is 6. The standard InChI is InChI=1S/C37H43F6N3O7S/c1-3-7-29-35(53-24-20-30(54-22-24)37(41,42)43,13-6-17-46(29)32(49)25-21-44-16-12-26(25)36(38,39)40)33(50)45-18-14-34(51,15-19-45)27-8-4-5-9-28(27)52-23(2)10-11-31(47)48/h4,8,12,16,20-23,29,51H,3,5-7,9-11,13-15,17-19H2,1-2H3,(H,47,48)/t23?,29-,35+/m1/s1. The van der Waals surface area contributed by atoms with Gasteiger partial charge in [-0.3, -0.25) is 19.4 Å². The third-order valence-electron chi connectivity index (χ3n) is 10.2. The molecule has 0 radical (unpaired) electrons. The maximum atomic E-state index is 14.9. The first-order valence-electron chi connectivity index (χ1n) is 17.9. The van der Waals surface area contributed by atoms with Gasteiger partial charge in [-0.1, -0.05) is 25.5 Å². The molecule has 2 amide bonds. The average Bonchev–Trinajstić information content (AvgIpc) is 3.60. The van der Waals surface area contributed by atoms with Gasteiger partial charge < -0.3 is 29.5 Å². The first-order valence-corrected chi connectivity index (χ1v) is 18.7. The number of carbonyl (C=O) groups excluding carboxylic acids is 2. The molecular formula is C37H43F6N3O7S. The van der Waals surface area contributed by atoms with Crippen molar-refractivity contribution in [3.63, 3.8) is 0 Å². The van der Waals surface area contributed by atoms with Crippen LogP contribution in [0.3, 0.4) is 0 Å². The Morgan fingerprint density at radius 3 is 2.44 bits per heavy atom. The van der Waals surface area contributed by atoms with E-state index in [1.165, 1.54) is 4.90 Å². The molecule has 5 rings (SSSR count). The number of hydrogen-bond donors (Lipinski definition) is 2. The molecule has 2 N–H and O–H groups in total. The number of aliphatic carboxylic acids is 1. The topological polar surface area (TPSA) is 130 Å². The molecule has 10 nitrogen and oxygen atoms in total. The van der Waals surface area contributed by atoms with Gasteiger partial charge in [0.15, 0.2) is 0 Å². The van der Waals surface area contributed by atoms with Crippen LogP contribution in [0.15, 0.2) is 53.4 Å². The number of thiophene rings is 1. The van der Waals surface area contributed by atoms with Crippen LogP contribution in [0.25, 0.3) is 0 Å². The van der Waals surface area contributed by atoms with E-state index in [4.69, 9.17) is 14.6 Å². The van der Waals surface area contributed by atoms with Crippen LogP contribution in [-0.4, -0.2) is 85.8 Å². The van der Waals surface area contributed by atoms with E-state index >= 15 is 0 Å². The monoisotopic (exact) mass is 787 g/mol. The summed E-state index contributed by atoms with van der Waals surface area (Å²) in [5, 5.41) is 22.1. The minimum atomic E-state index is -4.90. The highest BCUT2D eigenvalue weighted by molar-refractivity contribution is 7.10. The van der Waals surface area contributed by atoms with Crippen LogP contribution in [0, 0.1) is 0 Å². The highest BCUT2D eigenvalue weighted by Crippen LogP contribution is 2.44. The zero-order valence-corrected chi connectivity index (χ0v) is 30.7. The molecule has 17 heteroatoms. The largest absolute Gasteiger partial charge is 0.495 e. The number of amides is 2. The number of carboxylic acids is 1. The number of aromatic nitrogens is 1. The van der Waals surface area contributed by atoms with Crippen molar-refractivity contribution in [2.75, 3.05) is 19.6 Å². The van der Waals surface area contributed by atoms with Crippen molar-refractivity contribution in [2.24, 2.45) is 0 Å². The van der Waals surface area contributed by atoms with Crippen LogP contribution < -0.4 is 4.74 Å². The lowest BCUT2D eigenvalue weighted by Gasteiger charge is -2.51. The van der Waals surface area contributed by atoms with Crippen molar-refractivity contribution >= 4 is 29.1 Å². The quantitative estimate of drug-likeness (QED) is 0.210. The summed E-state index contributed by atoms with van der Waals surface area (Å²) >= 11 is 0.364. The summed E-state index contributed by atoms with van der Waals surface area (Å²) in [6.45, 7) is 3.40. The first kappa shape index (κ1) is 41.1. The van der Waals surface area contributed by atoms with E-state index in [1.807, 2.05) is 6.08 Å². The molecule has 2 aromatic rings. The second-order valence-electron chi connectivity index (χ2n) is 13.9. The van der Waals surface area contributed by atoms with Crippen molar-refractivity contribution < 1.29 is 60.4 Å². The Morgan fingerprint density at radius 2 is 1.81 bits per heavy atom.